The molecule has 7 nitrogen and oxygen atoms in total. The summed E-state index contributed by atoms with van der Waals surface area (Å²) < 4.78 is 28.7. The molecule has 4 rings (SSSR count). The Hall–Kier alpha value is -3.07. The predicted molar refractivity (Wildman–Crippen MR) is 107 cm³/mol. The summed E-state index contributed by atoms with van der Waals surface area (Å²) >= 11 is 0. The van der Waals surface area contributed by atoms with Crippen LogP contribution in [0, 0.1) is 18.6 Å². The first kappa shape index (κ1) is 19.3. The van der Waals surface area contributed by atoms with E-state index >= 15 is 0 Å². The quantitative estimate of drug-likeness (QED) is 0.729. The SMILES string of the molecule is Cc1nc2cc(F)c(F)cc2n1CC(=O)Nc1cnccc1N1CCN(C)CC1. The molecular formula is C20H22F2N6O. The molecule has 0 unspecified atom stereocenters. The number of nitrogens with one attached hydrogen (secondary N) is 1. The molecule has 1 amide bonds. The molecule has 0 atom stereocenters. The molecule has 1 fully saturated rings. The van der Waals surface area contributed by atoms with Gasteiger partial charge in [-0.3, -0.25) is 9.78 Å². The lowest BCUT2D eigenvalue weighted by Gasteiger charge is -2.34. The third-order valence-electron chi connectivity index (χ3n) is 5.20. The summed E-state index contributed by atoms with van der Waals surface area (Å²) in [5.74, 6) is -1.71. The van der Waals surface area contributed by atoms with Crippen molar-refractivity contribution in [1.82, 2.24) is 19.4 Å². The number of halogens is 2. The van der Waals surface area contributed by atoms with E-state index in [9.17, 15) is 13.6 Å². The smallest absolute Gasteiger partial charge is 0.244 e. The number of pyridine rings is 1. The summed E-state index contributed by atoms with van der Waals surface area (Å²) in [5.41, 5.74) is 2.24. The van der Waals surface area contributed by atoms with Gasteiger partial charge in [-0.2, -0.15) is 0 Å². The third kappa shape index (κ3) is 3.91. The van der Waals surface area contributed by atoms with Crippen LogP contribution in [-0.2, 0) is 11.3 Å². The molecule has 0 spiro atoms. The molecule has 1 aliphatic rings. The number of piperazine rings is 1. The Morgan fingerprint density at radius 1 is 1.17 bits per heavy atom. The second-order valence-electron chi connectivity index (χ2n) is 7.23. The van der Waals surface area contributed by atoms with Gasteiger partial charge in [0, 0.05) is 44.5 Å². The zero-order chi connectivity index (χ0) is 20.5. The molecule has 3 heterocycles. The van der Waals surface area contributed by atoms with Crippen LogP contribution in [0.15, 0.2) is 30.6 Å². The van der Waals surface area contributed by atoms with Crippen LogP contribution in [0.3, 0.4) is 0 Å². The van der Waals surface area contributed by atoms with Gasteiger partial charge in [0.25, 0.3) is 0 Å². The predicted octanol–water partition coefficient (Wildman–Crippen LogP) is 2.41. The van der Waals surface area contributed by atoms with Gasteiger partial charge in [-0.1, -0.05) is 0 Å². The van der Waals surface area contributed by atoms with Crippen LogP contribution >= 0.6 is 0 Å². The zero-order valence-corrected chi connectivity index (χ0v) is 16.3. The number of hydrogen-bond acceptors (Lipinski definition) is 5. The number of nitrogens with zero attached hydrogens (tertiary/aromatic N) is 5. The standard InChI is InChI=1S/C20H22F2N6O/c1-13-24-16-9-14(21)15(22)10-19(16)28(13)12-20(29)25-17-11-23-4-3-18(17)27-7-5-26(2)6-8-27/h3-4,9-11H,5-8,12H2,1-2H3,(H,25,29). The van der Waals surface area contributed by atoms with E-state index in [2.05, 4.69) is 32.1 Å². The molecule has 0 bridgehead atoms. The number of hydrogen-bond donors (Lipinski definition) is 1. The van der Waals surface area contributed by atoms with E-state index in [1.165, 1.54) is 0 Å². The fourth-order valence-electron chi connectivity index (χ4n) is 3.58. The first-order valence-corrected chi connectivity index (χ1v) is 9.41. The lowest BCUT2D eigenvalue weighted by molar-refractivity contribution is -0.116. The van der Waals surface area contributed by atoms with E-state index in [0.717, 1.165) is 44.0 Å². The maximum atomic E-state index is 13.7. The van der Waals surface area contributed by atoms with Crippen molar-refractivity contribution in [2.24, 2.45) is 0 Å². The van der Waals surface area contributed by atoms with E-state index in [0.29, 0.717) is 22.5 Å². The normalized spacial score (nSPS) is 15.1. The van der Waals surface area contributed by atoms with Crippen LogP contribution in [0.25, 0.3) is 11.0 Å². The van der Waals surface area contributed by atoms with Gasteiger partial charge in [-0.25, -0.2) is 13.8 Å². The average molecular weight is 400 g/mol. The second-order valence-corrected chi connectivity index (χ2v) is 7.23. The summed E-state index contributed by atoms with van der Waals surface area (Å²) in [6.07, 6.45) is 3.33. The van der Waals surface area contributed by atoms with Gasteiger partial charge in [0.1, 0.15) is 12.4 Å². The molecule has 1 N–H and O–H groups in total. The van der Waals surface area contributed by atoms with E-state index in [4.69, 9.17) is 0 Å². The van der Waals surface area contributed by atoms with Crippen LogP contribution < -0.4 is 10.2 Å². The Balaban J connectivity index is 1.55. The summed E-state index contributed by atoms with van der Waals surface area (Å²) in [4.78, 5) is 25.6. The molecular weight excluding hydrogens is 378 g/mol. The topological polar surface area (TPSA) is 66.3 Å². The monoisotopic (exact) mass is 400 g/mol. The molecule has 29 heavy (non-hydrogen) atoms. The minimum Gasteiger partial charge on any atom is -0.367 e. The summed E-state index contributed by atoms with van der Waals surface area (Å²) in [7, 11) is 2.08. The van der Waals surface area contributed by atoms with Gasteiger partial charge < -0.3 is 19.7 Å². The molecule has 152 valence electrons. The Morgan fingerprint density at radius 2 is 1.90 bits per heavy atom. The van der Waals surface area contributed by atoms with E-state index < -0.39 is 11.6 Å². The minimum atomic E-state index is -0.969. The molecule has 0 radical (unpaired) electrons. The van der Waals surface area contributed by atoms with Gasteiger partial charge in [-0.15, -0.1) is 0 Å². The Kier molecular flexibility index (Phi) is 5.14. The summed E-state index contributed by atoms with van der Waals surface area (Å²) in [6.45, 7) is 5.24. The number of aromatic nitrogens is 3. The van der Waals surface area contributed by atoms with Crippen molar-refractivity contribution in [1.29, 1.82) is 0 Å². The van der Waals surface area contributed by atoms with E-state index in [1.807, 2.05) is 6.07 Å². The van der Waals surface area contributed by atoms with E-state index in [1.54, 1.807) is 23.9 Å². The summed E-state index contributed by atoms with van der Waals surface area (Å²) in [6, 6.07) is 3.99. The van der Waals surface area contributed by atoms with Crippen LogP contribution in [-0.4, -0.2) is 58.6 Å². The van der Waals surface area contributed by atoms with Crippen LogP contribution in [0.4, 0.5) is 20.2 Å². The largest absolute Gasteiger partial charge is 0.367 e. The van der Waals surface area contributed by atoms with Gasteiger partial charge in [0.2, 0.25) is 5.91 Å². The number of fused-ring (bicyclic) bond motifs is 1. The highest BCUT2D eigenvalue weighted by Gasteiger charge is 2.19. The van der Waals surface area contributed by atoms with Crippen molar-refractivity contribution in [2.45, 2.75) is 13.5 Å². The van der Waals surface area contributed by atoms with Crippen molar-refractivity contribution in [3.8, 4) is 0 Å². The maximum Gasteiger partial charge on any atom is 0.244 e. The van der Waals surface area contributed by atoms with Crippen molar-refractivity contribution >= 4 is 28.3 Å². The molecule has 1 aromatic carbocycles. The Labute approximate surface area is 167 Å². The fraction of sp³-hybridized carbons (Fsp3) is 0.350. The fourth-order valence-corrected chi connectivity index (χ4v) is 3.58. The van der Waals surface area contributed by atoms with Gasteiger partial charge in [-0.05, 0) is 20.0 Å². The minimum absolute atomic E-state index is 0.0650. The Bertz CT molecular complexity index is 1060. The molecule has 0 aliphatic carbocycles. The molecule has 0 saturated carbocycles. The molecule has 2 aromatic heterocycles. The maximum absolute atomic E-state index is 13.7. The molecule has 3 aromatic rings. The first-order chi connectivity index (χ1) is 13.9. The Morgan fingerprint density at radius 3 is 2.66 bits per heavy atom. The number of carbonyl (C=O) groups excluding carboxylic acids is 1. The highest BCUT2D eigenvalue weighted by Crippen LogP contribution is 2.26. The second kappa shape index (κ2) is 7.75. The van der Waals surface area contributed by atoms with Gasteiger partial charge in [0.05, 0.1) is 28.6 Å². The molecule has 9 heteroatoms. The zero-order valence-electron chi connectivity index (χ0n) is 16.3. The van der Waals surface area contributed by atoms with E-state index in [-0.39, 0.29) is 12.5 Å². The van der Waals surface area contributed by atoms with Crippen molar-refractivity contribution < 1.29 is 13.6 Å². The highest BCUT2D eigenvalue weighted by molar-refractivity contribution is 5.94. The lowest BCUT2D eigenvalue weighted by atomic mass is 10.2. The lowest BCUT2D eigenvalue weighted by Crippen LogP contribution is -2.44. The summed E-state index contributed by atoms with van der Waals surface area (Å²) in [5, 5.41) is 2.90. The van der Waals surface area contributed by atoms with Crippen LogP contribution in [0.1, 0.15) is 5.82 Å². The number of anilines is 2. The first-order valence-electron chi connectivity index (χ1n) is 9.41. The number of carbonyl (C=O) groups is 1. The number of aryl methyl sites for hydroxylation is 1. The number of imidazole rings is 1. The van der Waals surface area contributed by atoms with Crippen molar-refractivity contribution in [3.05, 3.63) is 48.1 Å². The number of amides is 1. The van der Waals surface area contributed by atoms with Crippen molar-refractivity contribution in [2.75, 3.05) is 43.4 Å². The number of benzene rings is 1. The third-order valence-corrected chi connectivity index (χ3v) is 5.20. The highest BCUT2D eigenvalue weighted by atomic mass is 19.2. The van der Waals surface area contributed by atoms with Crippen molar-refractivity contribution in [3.63, 3.8) is 0 Å². The van der Waals surface area contributed by atoms with Crippen LogP contribution in [0.5, 0.6) is 0 Å². The average Bonchev–Trinajstić information content (AvgIpc) is 2.98. The van der Waals surface area contributed by atoms with Crippen LogP contribution in [0.2, 0.25) is 0 Å². The number of rotatable bonds is 4. The molecule has 1 saturated heterocycles. The number of likely N-dealkylation sites (N-methyl/N-ethyl adjacent to an activating group) is 1. The van der Waals surface area contributed by atoms with Gasteiger partial charge >= 0.3 is 0 Å². The van der Waals surface area contributed by atoms with Gasteiger partial charge in [0.15, 0.2) is 11.6 Å². The molecule has 1 aliphatic heterocycles.